The van der Waals surface area contributed by atoms with E-state index < -0.39 is 0 Å². The van der Waals surface area contributed by atoms with Crippen LogP contribution in [-0.4, -0.2) is 24.9 Å². The molecule has 146 valence electrons. The number of fused-ring (bicyclic) bond motifs is 1. The Morgan fingerprint density at radius 1 is 0.897 bits per heavy atom. The molecule has 3 aromatic carbocycles. The van der Waals surface area contributed by atoms with Crippen LogP contribution in [0.5, 0.6) is 11.5 Å². The first-order chi connectivity index (χ1) is 14.1. The van der Waals surface area contributed by atoms with Crippen molar-refractivity contribution in [1.82, 2.24) is 0 Å². The van der Waals surface area contributed by atoms with Crippen molar-refractivity contribution in [2.24, 2.45) is 0 Å². The zero-order valence-corrected chi connectivity index (χ0v) is 16.2. The Balaban J connectivity index is 1.47. The van der Waals surface area contributed by atoms with Crippen molar-refractivity contribution >= 4 is 29.0 Å². The fourth-order valence-corrected chi connectivity index (χ4v) is 3.44. The minimum absolute atomic E-state index is 0.0969. The number of hydrogen-bond acceptors (Lipinski definition) is 4. The highest BCUT2D eigenvalue weighted by Gasteiger charge is 2.18. The topological polar surface area (TPSA) is 64.6 Å². The van der Waals surface area contributed by atoms with Crippen molar-refractivity contribution in [3.8, 4) is 11.5 Å². The Bertz CT molecular complexity index is 1070. The van der Waals surface area contributed by atoms with Gasteiger partial charge in [-0.2, -0.15) is 0 Å². The molecule has 3 aromatic rings. The Hall–Kier alpha value is -3.31. The van der Waals surface area contributed by atoms with Crippen molar-refractivity contribution in [1.29, 1.82) is 0 Å². The number of benzene rings is 3. The van der Waals surface area contributed by atoms with Gasteiger partial charge >= 0.3 is 0 Å². The van der Waals surface area contributed by atoms with Gasteiger partial charge in [0.05, 0.1) is 11.4 Å². The first kappa shape index (κ1) is 19.0. The molecule has 1 N–H and O–H groups in total. The van der Waals surface area contributed by atoms with Gasteiger partial charge in [0.25, 0.3) is 0 Å². The third kappa shape index (κ3) is 4.41. The standard InChI is InChI=1S/C23H18ClNO4/c24-19-11-15(12-20-23(19)29-10-9-28-20)13-21(26)25-18-8-4-7-17(14-18)22(27)16-5-2-1-3-6-16/h1-8,11-12,14H,9-10,13H2,(H,25,26). The van der Waals surface area contributed by atoms with Gasteiger partial charge < -0.3 is 14.8 Å². The number of ketones is 1. The molecule has 1 heterocycles. The molecule has 5 nitrogen and oxygen atoms in total. The number of ether oxygens (including phenoxy) is 2. The molecule has 0 saturated heterocycles. The molecule has 1 aliphatic rings. The van der Waals surface area contributed by atoms with Crippen molar-refractivity contribution in [3.63, 3.8) is 0 Å². The highest BCUT2D eigenvalue weighted by Crippen LogP contribution is 2.38. The van der Waals surface area contributed by atoms with Gasteiger partial charge in [-0.05, 0) is 29.8 Å². The van der Waals surface area contributed by atoms with Crippen molar-refractivity contribution in [2.45, 2.75) is 6.42 Å². The summed E-state index contributed by atoms with van der Waals surface area (Å²) in [5, 5.41) is 3.25. The van der Waals surface area contributed by atoms with Crippen LogP contribution in [0.15, 0.2) is 66.7 Å². The first-order valence-corrected chi connectivity index (χ1v) is 9.55. The van der Waals surface area contributed by atoms with Gasteiger partial charge in [0.15, 0.2) is 17.3 Å². The van der Waals surface area contributed by atoms with E-state index in [1.165, 1.54) is 0 Å². The second kappa shape index (κ2) is 8.37. The molecule has 0 radical (unpaired) electrons. The summed E-state index contributed by atoms with van der Waals surface area (Å²) < 4.78 is 11.0. The summed E-state index contributed by atoms with van der Waals surface area (Å²) in [5.41, 5.74) is 2.38. The summed E-state index contributed by atoms with van der Waals surface area (Å²) in [6, 6.07) is 19.4. The molecule has 6 heteroatoms. The quantitative estimate of drug-likeness (QED) is 0.631. The summed E-state index contributed by atoms with van der Waals surface area (Å²) in [6.07, 6.45) is 0.118. The number of hydrogen-bond donors (Lipinski definition) is 1. The molecule has 0 atom stereocenters. The van der Waals surface area contributed by atoms with Crippen molar-refractivity contribution in [3.05, 3.63) is 88.4 Å². The van der Waals surface area contributed by atoms with Crippen molar-refractivity contribution in [2.75, 3.05) is 18.5 Å². The van der Waals surface area contributed by atoms with Crippen LogP contribution in [0.2, 0.25) is 5.02 Å². The molecular formula is C23H18ClNO4. The van der Waals surface area contributed by atoms with Crippen LogP contribution in [0, 0.1) is 0 Å². The van der Waals surface area contributed by atoms with Crippen LogP contribution in [0.25, 0.3) is 0 Å². The molecule has 0 aliphatic carbocycles. The van der Waals surface area contributed by atoms with E-state index in [0.29, 0.717) is 52.1 Å². The molecular weight excluding hydrogens is 390 g/mol. The Labute approximate surface area is 173 Å². The van der Waals surface area contributed by atoms with E-state index in [1.807, 2.05) is 18.2 Å². The fourth-order valence-electron chi connectivity index (χ4n) is 3.15. The van der Waals surface area contributed by atoms with Gasteiger partial charge in [0.2, 0.25) is 5.91 Å². The second-order valence-electron chi connectivity index (χ2n) is 6.60. The first-order valence-electron chi connectivity index (χ1n) is 9.18. The van der Waals surface area contributed by atoms with E-state index in [4.69, 9.17) is 21.1 Å². The van der Waals surface area contributed by atoms with Gasteiger partial charge in [0.1, 0.15) is 13.2 Å². The van der Waals surface area contributed by atoms with E-state index in [0.717, 1.165) is 0 Å². The summed E-state index contributed by atoms with van der Waals surface area (Å²) in [6.45, 7) is 0.895. The molecule has 0 unspecified atom stereocenters. The van der Waals surface area contributed by atoms with Crippen LogP contribution in [0.4, 0.5) is 5.69 Å². The smallest absolute Gasteiger partial charge is 0.228 e. The summed E-state index contributed by atoms with van der Waals surface area (Å²) >= 11 is 6.23. The summed E-state index contributed by atoms with van der Waals surface area (Å²) in [7, 11) is 0. The predicted molar refractivity (Wildman–Crippen MR) is 111 cm³/mol. The number of anilines is 1. The van der Waals surface area contributed by atoms with E-state index in [-0.39, 0.29) is 18.1 Å². The van der Waals surface area contributed by atoms with Crippen LogP contribution >= 0.6 is 11.6 Å². The molecule has 1 aliphatic heterocycles. The molecule has 0 spiro atoms. The minimum Gasteiger partial charge on any atom is -0.486 e. The minimum atomic E-state index is -0.220. The summed E-state index contributed by atoms with van der Waals surface area (Å²) in [5.74, 6) is 0.735. The zero-order chi connectivity index (χ0) is 20.2. The normalized spacial score (nSPS) is 12.3. The molecule has 1 amide bonds. The molecule has 0 bridgehead atoms. The van der Waals surface area contributed by atoms with Gasteiger partial charge in [-0.1, -0.05) is 54.1 Å². The van der Waals surface area contributed by atoms with Crippen LogP contribution in [0.1, 0.15) is 21.5 Å². The van der Waals surface area contributed by atoms with E-state index >= 15 is 0 Å². The SMILES string of the molecule is O=C(Cc1cc(Cl)c2c(c1)OCCO2)Nc1cccc(C(=O)c2ccccc2)c1. The monoisotopic (exact) mass is 407 g/mol. The Morgan fingerprint density at radius 3 is 2.48 bits per heavy atom. The van der Waals surface area contributed by atoms with Gasteiger partial charge in [-0.3, -0.25) is 9.59 Å². The molecule has 0 aromatic heterocycles. The van der Waals surface area contributed by atoms with E-state index in [9.17, 15) is 9.59 Å². The Morgan fingerprint density at radius 2 is 1.66 bits per heavy atom. The number of carbonyl (C=O) groups is 2. The number of rotatable bonds is 5. The average molecular weight is 408 g/mol. The highest BCUT2D eigenvalue weighted by molar-refractivity contribution is 6.32. The number of halogens is 1. The van der Waals surface area contributed by atoms with E-state index in [1.54, 1.807) is 48.5 Å². The molecule has 0 saturated carbocycles. The lowest BCUT2D eigenvalue weighted by Gasteiger charge is -2.20. The fraction of sp³-hybridized carbons (Fsp3) is 0.130. The third-order valence-electron chi connectivity index (χ3n) is 4.47. The highest BCUT2D eigenvalue weighted by atomic mass is 35.5. The largest absolute Gasteiger partial charge is 0.486 e. The lowest BCUT2D eigenvalue weighted by molar-refractivity contribution is -0.115. The van der Waals surface area contributed by atoms with Crippen molar-refractivity contribution < 1.29 is 19.1 Å². The maximum atomic E-state index is 12.6. The molecule has 29 heavy (non-hydrogen) atoms. The molecule has 0 fully saturated rings. The Kier molecular flexibility index (Phi) is 5.49. The summed E-state index contributed by atoms with van der Waals surface area (Å²) in [4.78, 5) is 25.1. The van der Waals surface area contributed by atoms with Gasteiger partial charge in [-0.15, -0.1) is 0 Å². The van der Waals surface area contributed by atoms with Gasteiger partial charge in [-0.25, -0.2) is 0 Å². The molecule has 4 rings (SSSR count). The maximum Gasteiger partial charge on any atom is 0.228 e. The lowest BCUT2D eigenvalue weighted by Crippen LogP contribution is -2.17. The number of nitrogens with one attached hydrogen (secondary N) is 1. The van der Waals surface area contributed by atoms with Crippen LogP contribution in [-0.2, 0) is 11.2 Å². The maximum absolute atomic E-state index is 12.6. The van der Waals surface area contributed by atoms with Gasteiger partial charge in [0, 0.05) is 16.8 Å². The second-order valence-corrected chi connectivity index (χ2v) is 7.01. The lowest BCUT2D eigenvalue weighted by atomic mass is 10.0. The van der Waals surface area contributed by atoms with Crippen LogP contribution in [0.3, 0.4) is 0 Å². The third-order valence-corrected chi connectivity index (χ3v) is 4.75. The van der Waals surface area contributed by atoms with Crippen LogP contribution < -0.4 is 14.8 Å². The number of carbonyl (C=O) groups excluding carboxylic acids is 2. The predicted octanol–water partition coefficient (Wildman–Crippen LogP) is 4.52. The average Bonchev–Trinajstić information content (AvgIpc) is 2.74. The van der Waals surface area contributed by atoms with E-state index in [2.05, 4.69) is 5.32 Å². The zero-order valence-electron chi connectivity index (χ0n) is 15.5. The number of amides is 1.